The molecule has 2 aromatic rings. The molecule has 1 fully saturated rings. The summed E-state index contributed by atoms with van der Waals surface area (Å²) in [7, 11) is 0. The summed E-state index contributed by atoms with van der Waals surface area (Å²) in [5, 5.41) is 11.5. The van der Waals surface area contributed by atoms with Crippen LogP contribution in [0.5, 0.6) is 0 Å². The van der Waals surface area contributed by atoms with Crippen molar-refractivity contribution in [2.24, 2.45) is 5.92 Å². The van der Waals surface area contributed by atoms with Crippen molar-refractivity contribution in [3.63, 3.8) is 0 Å². The number of hydrogen-bond donors (Lipinski definition) is 1. The number of aromatic nitrogens is 2. The van der Waals surface area contributed by atoms with Gasteiger partial charge in [-0.3, -0.25) is 4.79 Å². The molecule has 23 heavy (non-hydrogen) atoms. The predicted octanol–water partition coefficient (Wildman–Crippen LogP) is 3.40. The van der Waals surface area contributed by atoms with Gasteiger partial charge in [-0.15, -0.1) is 10.2 Å². The van der Waals surface area contributed by atoms with Crippen molar-refractivity contribution in [3.05, 3.63) is 47.7 Å². The van der Waals surface area contributed by atoms with Gasteiger partial charge in [-0.2, -0.15) is 0 Å². The van der Waals surface area contributed by atoms with Crippen molar-refractivity contribution < 1.29 is 4.79 Å². The third-order valence-corrected chi connectivity index (χ3v) is 4.24. The van der Waals surface area contributed by atoms with Crippen LogP contribution >= 0.6 is 0 Å². The van der Waals surface area contributed by atoms with Gasteiger partial charge in [0.05, 0.1) is 0 Å². The Labute approximate surface area is 136 Å². The first-order valence-corrected chi connectivity index (χ1v) is 8.09. The summed E-state index contributed by atoms with van der Waals surface area (Å²) in [5.74, 6) is 1.18. The van der Waals surface area contributed by atoms with Gasteiger partial charge in [0.2, 0.25) is 0 Å². The number of aryl methyl sites for hydroxylation is 1. The number of nitrogens with one attached hydrogen (secondary N) is 1. The number of benzene rings is 1. The van der Waals surface area contributed by atoms with Gasteiger partial charge < -0.3 is 10.2 Å². The van der Waals surface area contributed by atoms with E-state index in [0.29, 0.717) is 17.4 Å². The molecule has 1 aliphatic heterocycles. The summed E-state index contributed by atoms with van der Waals surface area (Å²) in [5.41, 5.74) is 2.54. The van der Waals surface area contributed by atoms with E-state index in [-0.39, 0.29) is 5.91 Å². The zero-order chi connectivity index (χ0) is 16.2. The molecule has 1 amide bonds. The van der Waals surface area contributed by atoms with Crippen molar-refractivity contribution in [2.45, 2.75) is 26.7 Å². The van der Waals surface area contributed by atoms with E-state index in [1.165, 1.54) is 6.42 Å². The fourth-order valence-corrected chi connectivity index (χ4v) is 2.90. The number of nitrogens with zero attached hydrogens (tertiary/aromatic N) is 3. The molecule has 2 heterocycles. The molecule has 0 spiro atoms. The van der Waals surface area contributed by atoms with Crippen LogP contribution in [-0.2, 0) is 0 Å². The van der Waals surface area contributed by atoms with E-state index >= 15 is 0 Å². The Bertz CT molecular complexity index is 684. The second kappa shape index (κ2) is 6.77. The molecule has 1 aromatic carbocycles. The highest BCUT2D eigenvalue weighted by atomic mass is 16.2. The number of carbonyl (C=O) groups excluding carboxylic acids is 1. The fraction of sp³-hybridized carbons (Fsp3) is 0.389. The molecule has 3 rings (SSSR count). The molecule has 0 bridgehead atoms. The Morgan fingerprint density at radius 3 is 2.74 bits per heavy atom. The summed E-state index contributed by atoms with van der Waals surface area (Å²) in [6.45, 7) is 5.84. The number of amides is 1. The number of rotatable bonds is 3. The van der Waals surface area contributed by atoms with Crippen LogP contribution in [0.4, 0.5) is 11.5 Å². The lowest BCUT2D eigenvalue weighted by atomic mass is 10.00. The molecule has 1 aliphatic rings. The largest absolute Gasteiger partial charge is 0.339 e. The average molecular weight is 310 g/mol. The van der Waals surface area contributed by atoms with Gasteiger partial charge in [-0.25, -0.2) is 0 Å². The Kier molecular flexibility index (Phi) is 4.55. The van der Waals surface area contributed by atoms with Gasteiger partial charge in [0, 0.05) is 18.8 Å². The number of piperidine rings is 1. The SMILES string of the molecule is Cc1ccccc1Nc1ccc(C(=O)N2CCCC(C)C2)nn1. The maximum Gasteiger partial charge on any atom is 0.274 e. The number of carbonyl (C=O) groups is 1. The quantitative estimate of drug-likeness (QED) is 0.944. The molecule has 5 nitrogen and oxygen atoms in total. The number of anilines is 2. The zero-order valence-corrected chi connectivity index (χ0v) is 13.6. The van der Waals surface area contributed by atoms with Crippen molar-refractivity contribution in [1.82, 2.24) is 15.1 Å². The normalized spacial score (nSPS) is 17.8. The van der Waals surface area contributed by atoms with Crippen LogP contribution in [0.15, 0.2) is 36.4 Å². The second-order valence-corrected chi connectivity index (χ2v) is 6.24. The number of hydrogen-bond acceptors (Lipinski definition) is 4. The average Bonchev–Trinajstić information content (AvgIpc) is 2.57. The van der Waals surface area contributed by atoms with Gasteiger partial charge in [-0.05, 0) is 49.4 Å². The number of likely N-dealkylation sites (tertiary alicyclic amines) is 1. The minimum absolute atomic E-state index is 0.0218. The third-order valence-electron chi connectivity index (χ3n) is 4.24. The first kappa shape index (κ1) is 15.5. The highest BCUT2D eigenvalue weighted by molar-refractivity contribution is 5.92. The topological polar surface area (TPSA) is 58.1 Å². The van der Waals surface area contributed by atoms with Crippen LogP contribution in [0.25, 0.3) is 0 Å². The van der Waals surface area contributed by atoms with Gasteiger partial charge >= 0.3 is 0 Å². The predicted molar refractivity (Wildman–Crippen MR) is 90.8 cm³/mol. The summed E-state index contributed by atoms with van der Waals surface area (Å²) >= 11 is 0. The zero-order valence-electron chi connectivity index (χ0n) is 13.6. The molecule has 0 saturated carbocycles. The monoisotopic (exact) mass is 310 g/mol. The Morgan fingerprint density at radius 2 is 2.04 bits per heavy atom. The van der Waals surface area contributed by atoms with Crippen LogP contribution in [0, 0.1) is 12.8 Å². The van der Waals surface area contributed by atoms with Gasteiger partial charge in [-0.1, -0.05) is 25.1 Å². The molecule has 5 heteroatoms. The summed E-state index contributed by atoms with van der Waals surface area (Å²) in [4.78, 5) is 14.4. The van der Waals surface area contributed by atoms with Crippen LogP contribution in [0.1, 0.15) is 35.8 Å². The van der Waals surface area contributed by atoms with Crippen molar-refractivity contribution >= 4 is 17.4 Å². The standard InChI is InChI=1S/C18H22N4O/c1-13-6-5-11-22(12-13)18(23)16-9-10-17(21-20-16)19-15-8-4-3-7-14(15)2/h3-4,7-10,13H,5-6,11-12H2,1-2H3,(H,19,21). The summed E-state index contributed by atoms with van der Waals surface area (Å²) in [6, 6.07) is 11.5. The van der Waals surface area contributed by atoms with E-state index < -0.39 is 0 Å². The highest BCUT2D eigenvalue weighted by Crippen LogP contribution is 2.19. The van der Waals surface area contributed by atoms with E-state index in [1.807, 2.05) is 36.1 Å². The molecule has 0 radical (unpaired) electrons. The van der Waals surface area contributed by atoms with Crippen LogP contribution < -0.4 is 5.32 Å². The molecular formula is C18H22N4O. The third kappa shape index (κ3) is 3.67. The molecule has 1 atom stereocenters. The Balaban J connectivity index is 1.69. The van der Waals surface area contributed by atoms with Crippen LogP contribution in [0.3, 0.4) is 0 Å². The van der Waals surface area contributed by atoms with Gasteiger partial charge in [0.1, 0.15) is 0 Å². The lowest BCUT2D eigenvalue weighted by Crippen LogP contribution is -2.39. The molecule has 1 saturated heterocycles. The molecule has 1 unspecified atom stereocenters. The van der Waals surface area contributed by atoms with E-state index in [1.54, 1.807) is 12.1 Å². The molecular weight excluding hydrogens is 288 g/mol. The summed E-state index contributed by atoms with van der Waals surface area (Å²) < 4.78 is 0. The maximum absolute atomic E-state index is 12.5. The Morgan fingerprint density at radius 1 is 1.22 bits per heavy atom. The van der Waals surface area contributed by atoms with Crippen LogP contribution in [-0.4, -0.2) is 34.1 Å². The minimum atomic E-state index is -0.0218. The minimum Gasteiger partial charge on any atom is -0.339 e. The molecule has 0 aliphatic carbocycles. The van der Waals surface area contributed by atoms with E-state index in [0.717, 1.165) is 30.8 Å². The van der Waals surface area contributed by atoms with E-state index in [4.69, 9.17) is 0 Å². The lowest BCUT2D eigenvalue weighted by Gasteiger charge is -2.30. The first-order chi connectivity index (χ1) is 11.1. The highest BCUT2D eigenvalue weighted by Gasteiger charge is 2.23. The first-order valence-electron chi connectivity index (χ1n) is 8.09. The van der Waals surface area contributed by atoms with Crippen LogP contribution in [0.2, 0.25) is 0 Å². The molecule has 1 N–H and O–H groups in total. The summed E-state index contributed by atoms with van der Waals surface area (Å²) in [6.07, 6.45) is 2.25. The molecule has 1 aromatic heterocycles. The lowest BCUT2D eigenvalue weighted by molar-refractivity contribution is 0.0676. The Hall–Kier alpha value is -2.43. The van der Waals surface area contributed by atoms with Crippen molar-refractivity contribution in [1.29, 1.82) is 0 Å². The maximum atomic E-state index is 12.5. The number of para-hydroxylation sites is 1. The van der Waals surface area contributed by atoms with Gasteiger partial charge in [0.25, 0.3) is 5.91 Å². The second-order valence-electron chi connectivity index (χ2n) is 6.24. The van der Waals surface area contributed by atoms with Gasteiger partial charge in [0.15, 0.2) is 11.5 Å². The van der Waals surface area contributed by atoms with E-state index in [2.05, 4.69) is 22.4 Å². The fourth-order valence-electron chi connectivity index (χ4n) is 2.90. The van der Waals surface area contributed by atoms with E-state index in [9.17, 15) is 4.79 Å². The van der Waals surface area contributed by atoms with Crippen molar-refractivity contribution in [3.8, 4) is 0 Å². The van der Waals surface area contributed by atoms with Crippen molar-refractivity contribution in [2.75, 3.05) is 18.4 Å². The smallest absolute Gasteiger partial charge is 0.274 e. The molecule has 120 valence electrons.